The van der Waals surface area contributed by atoms with Crippen LogP contribution in [0.5, 0.6) is 11.5 Å². The van der Waals surface area contributed by atoms with Gasteiger partial charge in [-0.2, -0.15) is 0 Å². The van der Waals surface area contributed by atoms with E-state index in [0.29, 0.717) is 18.0 Å². The lowest BCUT2D eigenvalue weighted by molar-refractivity contribution is 0.235. The maximum absolute atomic E-state index is 12.3. The lowest BCUT2D eigenvalue weighted by atomic mass is 9.84. The van der Waals surface area contributed by atoms with E-state index in [0.717, 1.165) is 11.1 Å². The van der Waals surface area contributed by atoms with Gasteiger partial charge in [0.2, 0.25) is 0 Å². The Bertz CT molecular complexity index is 729. The highest BCUT2D eigenvalue weighted by molar-refractivity contribution is 5.74. The molecular formula is C21H28N2O3. The van der Waals surface area contributed by atoms with E-state index in [9.17, 15) is 4.79 Å². The third-order valence-electron chi connectivity index (χ3n) is 4.50. The average molecular weight is 356 g/mol. The Morgan fingerprint density at radius 3 is 2.31 bits per heavy atom. The maximum Gasteiger partial charge on any atom is 0.315 e. The molecule has 2 N–H and O–H groups in total. The highest BCUT2D eigenvalue weighted by atomic mass is 16.5. The van der Waals surface area contributed by atoms with Crippen molar-refractivity contribution in [1.29, 1.82) is 0 Å². The number of rotatable bonds is 7. The summed E-state index contributed by atoms with van der Waals surface area (Å²) < 4.78 is 10.7. The van der Waals surface area contributed by atoms with E-state index in [4.69, 9.17) is 9.47 Å². The molecule has 0 fully saturated rings. The topological polar surface area (TPSA) is 59.6 Å². The van der Waals surface area contributed by atoms with Gasteiger partial charge in [-0.25, -0.2) is 4.79 Å². The van der Waals surface area contributed by atoms with Gasteiger partial charge in [0.1, 0.15) is 0 Å². The van der Waals surface area contributed by atoms with Gasteiger partial charge < -0.3 is 20.1 Å². The average Bonchev–Trinajstić information content (AvgIpc) is 2.66. The predicted molar refractivity (Wildman–Crippen MR) is 104 cm³/mol. The van der Waals surface area contributed by atoms with Crippen molar-refractivity contribution in [3.63, 3.8) is 0 Å². The lowest BCUT2D eigenvalue weighted by Gasteiger charge is -2.27. The summed E-state index contributed by atoms with van der Waals surface area (Å²) in [5, 5.41) is 5.93. The summed E-state index contributed by atoms with van der Waals surface area (Å²) in [6.07, 6.45) is 0. The van der Waals surface area contributed by atoms with Crippen molar-refractivity contribution in [2.75, 3.05) is 20.8 Å². The Balaban J connectivity index is 1.97. The zero-order valence-electron chi connectivity index (χ0n) is 16.1. The fourth-order valence-corrected chi connectivity index (χ4v) is 2.73. The number of benzene rings is 2. The van der Waals surface area contributed by atoms with Crippen molar-refractivity contribution in [3.8, 4) is 11.5 Å². The van der Waals surface area contributed by atoms with E-state index in [2.05, 4.69) is 24.5 Å². The van der Waals surface area contributed by atoms with Gasteiger partial charge in [0, 0.05) is 12.0 Å². The summed E-state index contributed by atoms with van der Waals surface area (Å²) >= 11 is 0. The molecule has 0 saturated heterocycles. The zero-order valence-corrected chi connectivity index (χ0v) is 16.1. The Kier molecular flexibility index (Phi) is 6.50. The molecule has 140 valence electrons. The standard InChI is InChI=1S/C21H28N2O3/c1-15(16-9-7-6-8-10-16)23-20(24)22-14-21(2,3)17-11-12-18(25-4)19(13-17)26-5/h6-13,15H,14H2,1-5H3,(H2,22,23,24). The minimum Gasteiger partial charge on any atom is -0.493 e. The Morgan fingerprint density at radius 1 is 1.04 bits per heavy atom. The molecule has 1 atom stereocenters. The molecule has 1 unspecified atom stereocenters. The molecule has 0 saturated carbocycles. The third kappa shape index (κ3) is 4.91. The van der Waals surface area contributed by atoms with Crippen LogP contribution in [0.15, 0.2) is 48.5 Å². The van der Waals surface area contributed by atoms with Gasteiger partial charge in [-0.3, -0.25) is 0 Å². The third-order valence-corrected chi connectivity index (χ3v) is 4.50. The predicted octanol–water partition coefficient (Wildman–Crippen LogP) is 4.04. The highest BCUT2D eigenvalue weighted by Gasteiger charge is 2.23. The first kappa shape index (κ1) is 19.6. The van der Waals surface area contributed by atoms with E-state index in [1.807, 2.05) is 55.5 Å². The minimum absolute atomic E-state index is 0.0552. The number of hydrogen-bond donors (Lipinski definition) is 2. The first-order chi connectivity index (χ1) is 12.4. The Hall–Kier alpha value is -2.69. The minimum atomic E-state index is -0.257. The van der Waals surface area contributed by atoms with Gasteiger partial charge in [0.05, 0.1) is 20.3 Å². The van der Waals surface area contributed by atoms with Crippen molar-refractivity contribution in [2.24, 2.45) is 0 Å². The molecule has 2 aromatic rings. The molecule has 0 aromatic heterocycles. The number of carbonyl (C=O) groups is 1. The molecular weight excluding hydrogens is 328 g/mol. The second-order valence-electron chi connectivity index (χ2n) is 6.91. The number of hydrogen-bond acceptors (Lipinski definition) is 3. The molecule has 5 heteroatoms. The molecule has 0 aliphatic heterocycles. The maximum atomic E-state index is 12.3. The van der Waals surface area contributed by atoms with Crippen molar-refractivity contribution < 1.29 is 14.3 Å². The summed E-state index contributed by atoms with van der Waals surface area (Å²) in [5.74, 6) is 1.37. The number of carbonyl (C=O) groups excluding carboxylic acids is 1. The first-order valence-corrected chi connectivity index (χ1v) is 8.69. The van der Waals surface area contributed by atoms with Crippen LogP contribution in [0.25, 0.3) is 0 Å². The van der Waals surface area contributed by atoms with Crippen LogP contribution in [0.4, 0.5) is 4.79 Å². The molecule has 0 heterocycles. The van der Waals surface area contributed by atoms with Gasteiger partial charge in [0.15, 0.2) is 11.5 Å². The lowest BCUT2D eigenvalue weighted by Crippen LogP contribution is -2.43. The normalized spacial score (nSPS) is 12.2. The quantitative estimate of drug-likeness (QED) is 0.787. The zero-order chi connectivity index (χ0) is 19.2. The van der Waals surface area contributed by atoms with Crippen molar-refractivity contribution in [2.45, 2.75) is 32.2 Å². The number of ether oxygens (including phenoxy) is 2. The number of nitrogens with one attached hydrogen (secondary N) is 2. The van der Waals surface area contributed by atoms with Crippen LogP contribution in [-0.4, -0.2) is 26.8 Å². The van der Waals surface area contributed by atoms with E-state index >= 15 is 0 Å². The van der Waals surface area contributed by atoms with Crippen LogP contribution in [0.3, 0.4) is 0 Å². The molecule has 2 amide bonds. The molecule has 2 aromatic carbocycles. The van der Waals surface area contributed by atoms with Crippen LogP contribution >= 0.6 is 0 Å². The van der Waals surface area contributed by atoms with Crippen LogP contribution in [0.2, 0.25) is 0 Å². The molecule has 5 nitrogen and oxygen atoms in total. The second kappa shape index (κ2) is 8.61. The van der Waals surface area contributed by atoms with Crippen molar-refractivity contribution in [1.82, 2.24) is 10.6 Å². The van der Waals surface area contributed by atoms with Crippen LogP contribution < -0.4 is 20.1 Å². The first-order valence-electron chi connectivity index (χ1n) is 8.69. The number of urea groups is 1. The van der Waals surface area contributed by atoms with Gasteiger partial charge >= 0.3 is 6.03 Å². The molecule has 0 radical (unpaired) electrons. The summed E-state index contributed by atoms with van der Waals surface area (Å²) in [7, 11) is 3.23. The summed E-state index contributed by atoms with van der Waals surface area (Å²) in [6.45, 7) is 6.62. The summed E-state index contributed by atoms with van der Waals surface area (Å²) in [6, 6.07) is 15.5. The Morgan fingerprint density at radius 2 is 1.69 bits per heavy atom. The van der Waals surface area contributed by atoms with Gasteiger partial charge in [-0.15, -0.1) is 0 Å². The van der Waals surface area contributed by atoms with E-state index < -0.39 is 0 Å². The fraction of sp³-hybridized carbons (Fsp3) is 0.381. The van der Waals surface area contributed by atoms with Gasteiger partial charge in [-0.05, 0) is 30.2 Å². The fourth-order valence-electron chi connectivity index (χ4n) is 2.73. The highest BCUT2D eigenvalue weighted by Crippen LogP contribution is 2.32. The largest absolute Gasteiger partial charge is 0.493 e. The van der Waals surface area contributed by atoms with E-state index in [1.165, 1.54) is 0 Å². The second-order valence-corrected chi connectivity index (χ2v) is 6.91. The molecule has 2 rings (SSSR count). The van der Waals surface area contributed by atoms with Crippen LogP contribution in [0.1, 0.15) is 37.9 Å². The van der Waals surface area contributed by atoms with Crippen LogP contribution in [-0.2, 0) is 5.41 Å². The molecule has 0 spiro atoms. The van der Waals surface area contributed by atoms with Crippen molar-refractivity contribution >= 4 is 6.03 Å². The summed E-state index contributed by atoms with van der Waals surface area (Å²) in [4.78, 5) is 12.3. The SMILES string of the molecule is COc1ccc(C(C)(C)CNC(=O)NC(C)c2ccccc2)cc1OC. The number of amides is 2. The molecule has 0 aliphatic rings. The van der Waals surface area contributed by atoms with Gasteiger partial charge in [-0.1, -0.05) is 50.2 Å². The van der Waals surface area contributed by atoms with E-state index in [1.54, 1.807) is 14.2 Å². The smallest absolute Gasteiger partial charge is 0.315 e. The number of methoxy groups -OCH3 is 2. The monoisotopic (exact) mass is 356 g/mol. The Labute approximate surface area is 155 Å². The summed E-state index contributed by atoms with van der Waals surface area (Å²) in [5.41, 5.74) is 1.88. The van der Waals surface area contributed by atoms with Gasteiger partial charge in [0.25, 0.3) is 0 Å². The van der Waals surface area contributed by atoms with Crippen molar-refractivity contribution in [3.05, 3.63) is 59.7 Å². The van der Waals surface area contributed by atoms with Crippen LogP contribution in [0, 0.1) is 0 Å². The molecule has 0 aliphatic carbocycles. The van der Waals surface area contributed by atoms with E-state index in [-0.39, 0.29) is 17.5 Å². The molecule has 26 heavy (non-hydrogen) atoms. The molecule has 0 bridgehead atoms.